The number of carbonyl (C=O) groups is 1. The molecule has 23 heavy (non-hydrogen) atoms. The topological polar surface area (TPSA) is 58.4 Å². The van der Waals surface area contributed by atoms with Crippen molar-refractivity contribution in [2.45, 2.75) is 45.1 Å². The van der Waals surface area contributed by atoms with Crippen molar-refractivity contribution in [3.63, 3.8) is 0 Å². The second-order valence-corrected chi connectivity index (χ2v) is 6.84. The Bertz CT molecular complexity index is 463. The molecule has 128 valence electrons. The molecule has 0 bridgehead atoms. The van der Waals surface area contributed by atoms with E-state index in [9.17, 15) is 4.79 Å². The fourth-order valence-corrected chi connectivity index (χ4v) is 3.25. The number of nitrogens with zero attached hydrogens (tertiary/aromatic N) is 1. The van der Waals surface area contributed by atoms with Crippen molar-refractivity contribution in [1.29, 1.82) is 0 Å². The van der Waals surface area contributed by atoms with Crippen LogP contribution in [0.4, 0.5) is 0 Å². The number of unbranched alkanes of at least 4 members (excludes halogenated alkanes) is 1. The molecule has 1 aliphatic rings. The van der Waals surface area contributed by atoms with E-state index in [1.807, 2.05) is 30.3 Å². The van der Waals surface area contributed by atoms with Gasteiger partial charge in [-0.15, -0.1) is 0 Å². The fraction of sp³-hybridized carbons (Fsp3) is 0.632. The minimum atomic E-state index is -0.458. The van der Waals surface area contributed by atoms with Gasteiger partial charge in [-0.1, -0.05) is 37.3 Å². The van der Waals surface area contributed by atoms with Crippen LogP contribution in [0.15, 0.2) is 30.3 Å². The average Bonchev–Trinajstić information content (AvgIpc) is 2.55. The number of likely N-dealkylation sites (tertiary alicyclic amines) is 1. The van der Waals surface area contributed by atoms with Gasteiger partial charge in [0, 0.05) is 13.1 Å². The minimum absolute atomic E-state index is 0.0413. The van der Waals surface area contributed by atoms with E-state index >= 15 is 0 Å². The highest BCUT2D eigenvalue weighted by Gasteiger charge is 2.16. The first-order chi connectivity index (χ1) is 11.1. The van der Waals surface area contributed by atoms with Gasteiger partial charge in [-0.25, -0.2) is 0 Å². The van der Waals surface area contributed by atoms with Crippen molar-refractivity contribution in [2.75, 3.05) is 26.2 Å². The highest BCUT2D eigenvalue weighted by molar-refractivity contribution is 5.81. The molecule has 0 aliphatic carbocycles. The first kappa shape index (κ1) is 18.0. The zero-order valence-electron chi connectivity index (χ0n) is 14.3. The third kappa shape index (κ3) is 6.71. The summed E-state index contributed by atoms with van der Waals surface area (Å²) in [6.45, 7) is 6.68. The lowest BCUT2D eigenvalue weighted by Gasteiger charge is -2.30. The van der Waals surface area contributed by atoms with E-state index in [0.717, 1.165) is 37.4 Å². The smallest absolute Gasteiger partial charge is 0.237 e. The summed E-state index contributed by atoms with van der Waals surface area (Å²) in [6, 6.07) is 9.47. The van der Waals surface area contributed by atoms with E-state index in [-0.39, 0.29) is 5.91 Å². The first-order valence-corrected chi connectivity index (χ1v) is 8.94. The van der Waals surface area contributed by atoms with Crippen LogP contribution in [0, 0.1) is 5.92 Å². The monoisotopic (exact) mass is 317 g/mol. The van der Waals surface area contributed by atoms with Crippen LogP contribution in [-0.2, 0) is 11.2 Å². The average molecular weight is 317 g/mol. The molecule has 1 aliphatic heterocycles. The van der Waals surface area contributed by atoms with E-state index in [2.05, 4.69) is 17.1 Å². The first-order valence-electron chi connectivity index (χ1n) is 8.94. The third-order valence-electron chi connectivity index (χ3n) is 4.58. The van der Waals surface area contributed by atoms with Gasteiger partial charge in [0.1, 0.15) is 0 Å². The van der Waals surface area contributed by atoms with Gasteiger partial charge in [-0.3, -0.25) is 4.79 Å². The number of amides is 1. The maximum atomic E-state index is 12.0. The summed E-state index contributed by atoms with van der Waals surface area (Å²) in [4.78, 5) is 14.6. The number of carbonyl (C=O) groups excluding carboxylic acids is 1. The number of hydrogen-bond acceptors (Lipinski definition) is 3. The Labute approximate surface area is 140 Å². The van der Waals surface area contributed by atoms with Gasteiger partial charge in [-0.05, 0) is 56.7 Å². The van der Waals surface area contributed by atoms with E-state index in [0.29, 0.717) is 6.42 Å². The summed E-state index contributed by atoms with van der Waals surface area (Å²) in [5, 5.41) is 2.97. The van der Waals surface area contributed by atoms with Crippen LogP contribution in [0.3, 0.4) is 0 Å². The van der Waals surface area contributed by atoms with Crippen molar-refractivity contribution in [1.82, 2.24) is 10.2 Å². The Morgan fingerprint density at radius 3 is 2.87 bits per heavy atom. The van der Waals surface area contributed by atoms with Crippen LogP contribution in [0.5, 0.6) is 0 Å². The molecule has 0 radical (unpaired) electrons. The van der Waals surface area contributed by atoms with Gasteiger partial charge in [0.15, 0.2) is 0 Å². The molecule has 0 saturated carbocycles. The highest BCUT2D eigenvalue weighted by Crippen LogP contribution is 2.15. The van der Waals surface area contributed by atoms with Crippen LogP contribution in [-0.4, -0.2) is 43.0 Å². The summed E-state index contributed by atoms with van der Waals surface area (Å²) < 4.78 is 0. The zero-order chi connectivity index (χ0) is 16.5. The molecule has 1 amide bonds. The van der Waals surface area contributed by atoms with E-state index < -0.39 is 6.04 Å². The molecule has 1 aromatic rings. The molecule has 2 atom stereocenters. The Hall–Kier alpha value is -1.39. The van der Waals surface area contributed by atoms with Crippen LogP contribution in [0.2, 0.25) is 0 Å². The molecule has 0 aromatic heterocycles. The lowest BCUT2D eigenvalue weighted by molar-refractivity contribution is -0.122. The molecule has 2 rings (SSSR count). The molecule has 4 heteroatoms. The second kappa shape index (κ2) is 9.68. The predicted octanol–water partition coefficient (Wildman–Crippen LogP) is 2.18. The van der Waals surface area contributed by atoms with Crippen LogP contribution in [0.25, 0.3) is 0 Å². The Kier molecular flexibility index (Phi) is 7.56. The summed E-state index contributed by atoms with van der Waals surface area (Å²) in [7, 11) is 0. The highest BCUT2D eigenvalue weighted by atomic mass is 16.2. The summed E-state index contributed by atoms with van der Waals surface area (Å²) in [6.07, 6.45) is 5.45. The summed E-state index contributed by atoms with van der Waals surface area (Å²) in [5.74, 6) is 0.792. The van der Waals surface area contributed by atoms with Crippen molar-refractivity contribution in [3.05, 3.63) is 35.9 Å². The lowest BCUT2D eigenvalue weighted by Crippen LogP contribution is -2.42. The van der Waals surface area contributed by atoms with Crippen molar-refractivity contribution in [2.24, 2.45) is 11.7 Å². The quantitative estimate of drug-likeness (QED) is 0.723. The lowest BCUT2D eigenvalue weighted by atomic mass is 10.0. The van der Waals surface area contributed by atoms with Crippen molar-refractivity contribution in [3.8, 4) is 0 Å². The van der Waals surface area contributed by atoms with Gasteiger partial charge in [-0.2, -0.15) is 0 Å². The molecule has 4 nitrogen and oxygen atoms in total. The predicted molar refractivity (Wildman–Crippen MR) is 95.2 cm³/mol. The molecular weight excluding hydrogens is 286 g/mol. The molecule has 1 saturated heterocycles. The number of rotatable bonds is 8. The Morgan fingerprint density at radius 1 is 1.35 bits per heavy atom. The summed E-state index contributed by atoms with van der Waals surface area (Å²) in [5.41, 5.74) is 7.08. The van der Waals surface area contributed by atoms with E-state index in [1.165, 1.54) is 25.9 Å². The number of benzene rings is 1. The standard InChI is InChI=1S/C19H31N3O/c1-16-8-7-13-22(15-16)12-6-5-11-21-19(23)18(20)14-17-9-3-2-4-10-17/h2-4,9-10,16,18H,5-8,11-15,20H2,1H3,(H,21,23). The van der Waals surface area contributed by atoms with Crippen LogP contribution < -0.4 is 11.1 Å². The van der Waals surface area contributed by atoms with E-state index in [4.69, 9.17) is 5.73 Å². The number of piperidine rings is 1. The maximum Gasteiger partial charge on any atom is 0.237 e. The van der Waals surface area contributed by atoms with E-state index in [1.54, 1.807) is 0 Å². The number of nitrogens with two attached hydrogens (primary N) is 1. The minimum Gasteiger partial charge on any atom is -0.355 e. The van der Waals surface area contributed by atoms with Crippen LogP contribution >= 0.6 is 0 Å². The second-order valence-electron chi connectivity index (χ2n) is 6.84. The molecular formula is C19H31N3O. The SMILES string of the molecule is CC1CCCN(CCCCNC(=O)C(N)Cc2ccccc2)C1. The van der Waals surface area contributed by atoms with Gasteiger partial charge >= 0.3 is 0 Å². The van der Waals surface area contributed by atoms with Crippen molar-refractivity contribution >= 4 is 5.91 Å². The largest absolute Gasteiger partial charge is 0.355 e. The number of nitrogens with one attached hydrogen (secondary N) is 1. The maximum absolute atomic E-state index is 12.0. The van der Waals surface area contributed by atoms with Crippen molar-refractivity contribution < 1.29 is 4.79 Å². The Morgan fingerprint density at radius 2 is 2.13 bits per heavy atom. The van der Waals surface area contributed by atoms with Gasteiger partial charge < -0.3 is 16.0 Å². The van der Waals surface area contributed by atoms with Crippen LogP contribution in [0.1, 0.15) is 38.2 Å². The fourth-order valence-electron chi connectivity index (χ4n) is 3.25. The molecule has 0 spiro atoms. The number of hydrogen-bond donors (Lipinski definition) is 2. The summed E-state index contributed by atoms with van der Waals surface area (Å²) >= 11 is 0. The van der Waals surface area contributed by atoms with Gasteiger partial charge in [0.05, 0.1) is 6.04 Å². The normalized spacial score (nSPS) is 20.2. The van der Waals surface area contributed by atoms with Gasteiger partial charge in [0.25, 0.3) is 0 Å². The zero-order valence-corrected chi connectivity index (χ0v) is 14.3. The molecule has 1 heterocycles. The molecule has 1 fully saturated rings. The third-order valence-corrected chi connectivity index (χ3v) is 4.58. The molecule has 2 unspecified atom stereocenters. The Balaban J connectivity index is 1.55. The molecule has 1 aromatic carbocycles. The molecule has 3 N–H and O–H groups in total. The van der Waals surface area contributed by atoms with Gasteiger partial charge in [0.2, 0.25) is 5.91 Å².